The number of rotatable bonds is 6. The second kappa shape index (κ2) is 8.45. The highest BCUT2D eigenvalue weighted by Crippen LogP contribution is 2.22. The third kappa shape index (κ3) is 4.58. The number of para-hydroxylation sites is 1. The fourth-order valence-corrected chi connectivity index (χ4v) is 2.60. The number of carbonyl (C=O) groups excluding carboxylic acids is 1. The Morgan fingerprint density at radius 1 is 1.08 bits per heavy atom. The van der Waals surface area contributed by atoms with Crippen LogP contribution in [0, 0.1) is 5.82 Å². The number of hydrogen-bond donors (Lipinski definition) is 0. The monoisotopic (exact) mass is 370 g/mol. The number of amides is 1. The van der Waals surface area contributed by atoms with Gasteiger partial charge >= 0.3 is 0 Å². The Hall–Kier alpha value is -2.92. The molecule has 0 unspecified atom stereocenters. The summed E-state index contributed by atoms with van der Waals surface area (Å²) < 4.78 is 18.8. The summed E-state index contributed by atoms with van der Waals surface area (Å²) in [6.45, 7) is 0.00646. The van der Waals surface area contributed by atoms with E-state index in [2.05, 4.69) is 4.98 Å². The zero-order valence-electron chi connectivity index (χ0n) is 13.8. The van der Waals surface area contributed by atoms with Gasteiger partial charge in [0.2, 0.25) is 0 Å². The van der Waals surface area contributed by atoms with Gasteiger partial charge in [0.25, 0.3) is 5.91 Å². The van der Waals surface area contributed by atoms with E-state index in [1.165, 1.54) is 17.0 Å². The molecule has 1 amide bonds. The maximum atomic E-state index is 13.3. The van der Waals surface area contributed by atoms with Gasteiger partial charge in [-0.1, -0.05) is 41.9 Å². The van der Waals surface area contributed by atoms with Gasteiger partial charge in [0.05, 0.1) is 6.54 Å². The normalized spacial score (nSPS) is 10.4. The molecule has 0 saturated carbocycles. The minimum absolute atomic E-state index is 0.153. The maximum Gasteiger partial charge on any atom is 0.266 e. The fraction of sp³-hybridized carbons (Fsp3) is 0.100. The van der Waals surface area contributed by atoms with Crippen molar-refractivity contribution < 1.29 is 13.9 Å². The summed E-state index contributed by atoms with van der Waals surface area (Å²) in [5, 5.41) is 0.253. The second-order valence-electron chi connectivity index (χ2n) is 5.51. The first-order valence-electron chi connectivity index (χ1n) is 7.96. The number of carbonyl (C=O) groups is 1. The maximum absolute atomic E-state index is 13.3. The summed E-state index contributed by atoms with van der Waals surface area (Å²) in [6, 6.07) is 18.4. The molecular formula is C20H16ClFN2O2. The van der Waals surface area contributed by atoms with Crippen molar-refractivity contribution in [3.63, 3.8) is 0 Å². The first-order valence-corrected chi connectivity index (χ1v) is 8.34. The Bertz CT molecular complexity index is 875. The van der Waals surface area contributed by atoms with E-state index in [1.807, 2.05) is 18.2 Å². The van der Waals surface area contributed by atoms with Gasteiger partial charge in [-0.25, -0.2) is 9.37 Å². The van der Waals surface area contributed by atoms with Gasteiger partial charge in [-0.05, 0) is 42.0 Å². The van der Waals surface area contributed by atoms with Gasteiger partial charge in [0.1, 0.15) is 17.4 Å². The Labute approximate surface area is 155 Å². The molecule has 0 spiro atoms. The van der Waals surface area contributed by atoms with Crippen molar-refractivity contribution in [1.82, 2.24) is 4.98 Å². The molecule has 132 valence electrons. The van der Waals surface area contributed by atoms with Crippen LogP contribution in [0.15, 0.2) is 72.9 Å². The third-order valence-electron chi connectivity index (χ3n) is 3.68. The molecule has 0 aliphatic heterocycles. The molecule has 1 heterocycles. The van der Waals surface area contributed by atoms with E-state index in [4.69, 9.17) is 16.3 Å². The van der Waals surface area contributed by atoms with Crippen molar-refractivity contribution in [2.75, 3.05) is 11.5 Å². The van der Waals surface area contributed by atoms with Crippen LogP contribution in [0.2, 0.25) is 5.02 Å². The van der Waals surface area contributed by atoms with Gasteiger partial charge in [-0.3, -0.25) is 9.69 Å². The second-order valence-corrected chi connectivity index (χ2v) is 5.91. The van der Waals surface area contributed by atoms with Gasteiger partial charge < -0.3 is 4.74 Å². The van der Waals surface area contributed by atoms with Crippen LogP contribution in [0.3, 0.4) is 0 Å². The van der Waals surface area contributed by atoms with Crippen molar-refractivity contribution in [2.24, 2.45) is 0 Å². The molecule has 3 aromatic rings. The van der Waals surface area contributed by atoms with E-state index in [0.717, 1.165) is 0 Å². The van der Waals surface area contributed by atoms with Crippen molar-refractivity contribution in [2.45, 2.75) is 6.54 Å². The molecule has 0 N–H and O–H groups in total. The predicted molar refractivity (Wildman–Crippen MR) is 98.8 cm³/mol. The molecule has 6 heteroatoms. The van der Waals surface area contributed by atoms with Crippen LogP contribution in [-0.2, 0) is 11.3 Å². The zero-order valence-corrected chi connectivity index (χ0v) is 14.6. The van der Waals surface area contributed by atoms with Crippen molar-refractivity contribution >= 4 is 23.3 Å². The van der Waals surface area contributed by atoms with Crippen LogP contribution in [0.5, 0.6) is 5.75 Å². The van der Waals surface area contributed by atoms with E-state index in [9.17, 15) is 9.18 Å². The topological polar surface area (TPSA) is 42.4 Å². The van der Waals surface area contributed by atoms with Crippen LogP contribution in [0.1, 0.15) is 5.56 Å². The van der Waals surface area contributed by atoms with Crippen LogP contribution in [0.25, 0.3) is 0 Å². The summed E-state index contributed by atoms with van der Waals surface area (Å²) in [7, 11) is 0. The first kappa shape index (κ1) is 17.9. The summed E-state index contributed by atoms with van der Waals surface area (Å²) in [4.78, 5) is 18.4. The van der Waals surface area contributed by atoms with E-state index >= 15 is 0 Å². The van der Waals surface area contributed by atoms with Gasteiger partial charge in [-0.2, -0.15) is 0 Å². The van der Waals surface area contributed by atoms with E-state index in [1.54, 1.807) is 42.6 Å². The van der Waals surface area contributed by atoms with Gasteiger partial charge in [0.15, 0.2) is 6.61 Å². The minimum Gasteiger partial charge on any atom is -0.484 e. The molecule has 2 aromatic carbocycles. The SMILES string of the molecule is O=C(COc1ccccc1)N(Cc1ccc(F)cc1Cl)c1ccccn1. The Balaban J connectivity index is 1.80. The molecule has 1 aromatic heterocycles. The number of pyridine rings is 1. The lowest BCUT2D eigenvalue weighted by Crippen LogP contribution is -2.35. The average molecular weight is 371 g/mol. The van der Waals surface area contributed by atoms with E-state index < -0.39 is 5.82 Å². The van der Waals surface area contributed by atoms with Gasteiger partial charge in [-0.15, -0.1) is 0 Å². The number of nitrogens with zero attached hydrogens (tertiary/aromatic N) is 2. The van der Waals surface area contributed by atoms with E-state index in [-0.39, 0.29) is 24.1 Å². The third-order valence-corrected chi connectivity index (χ3v) is 4.03. The van der Waals surface area contributed by atoms with Crippen LogP contribution >= 0.6 is 11.6 Å². The lowest BCUT2D eigenvalue weighted by Gasteiger charge is -2.22. The Kier molecular flexibility index (Phi) is 5.81. The number of benzene rings is 2. The molecule has 0 saturated heterocycles. The molecule has 0 aliphatic rings. The molecule has 3 rings (SSSR count). The fourth-order valence-electron chi connectivity index (χ4n) is 2.37. The smallest absolute Gasteiger partial charge is 0.266 e. The molecule has 0 fully saturated rings. The molecule has 0 radical (unpaired) electrons. The number of halogens is 2. The van der Waals surface area contributed by atoms with Gasteiger partial charge in [0, 0.05) is 11.2 Å². The number of ether oxygens (including phenoxy) is 1. The summed E-state index contributed by atoms with van der Waals surface area (Å²) in [5.41, 5.74) is 0.617. The Morgan fingerprint density at radius 2 is 1.85 bits per heavy atom. The van der Waals surface area contributed by atoms with Crippen LogP contribution < -0.4 is 9.64 Å². The lowest BCUT2D eigenvalue weighted by molar-refractivity contribution is -0.120. The molecule has 0 bridgehead atoms. The summed E-state index contributed by atoms with van der Waals surface area (Å²) in [6.07, 6.45) is 1.60. The first-order chi connectivity index (χ1) is 12.6. The predicted octanol–water partition coefficient (Wildman–Crippen LogP) is 4.49. The minimum atomic E-state index is -0.429. The zero-order chi connectivity index (χ0) is 18.4. The standard InChI is InChI=1S/C20H16ClFN2O2/c21-18-12-16(22)10-9-15(18)13-24(19-8-4-5-11-23-19)20(25)14-26-17-6-2-1-3-7-17/h1-12H,13-14H2. The largest absolute Gasteiger partial charge is 0.484 e. The van der Waals surface area contributed by atoms with Crippen molar-refractivity contribution in [3.8, 4) is 5.75 Å². The number of aromatic nitrogens is 1. The number of hydrogen-bond acceptors (Lipinski definition) is 3. The van der Waals surface area contributed by atoms with Crippen molar-refractivity contribution in [3.05, 3.63) is 89.3 Å². The molecular weight excluding hydrogens is 355 g/mol. The van der Waals surface area contributed by atoms with Crippen LogP contribution in [0.4, 0.5) is 10.2 Å². The Morgan fingerprint density at radius 3 is 2.54 bits per heavy atom. The summed E-state index contributed by atoms with van der Waals surface area (Å²) in [5.74, 6) is 0.353. The lowest BCUT2D eigenvalue weighted by atomic mass is 10.2. The highest BCUT2D eigenvalue weighted by molar-refractivity contribution is 6.31. The highest BCUT2D eigenvalue weighted by Gasteiger charge is 2.19. The highest BCUT2D eigenvalue weighted by atomic mass is 35.5. The quantitative estimate of drug-likeness (QED) is 0.642. The molecule has 26 heavy (non-hydrogen) atoms. The molecule has 0 aliphatic carbocycles. The van der Waals surface area contributed by atoms with Crippen molar-refractivity contribution in [1.29, 1.82) is 0 Å². The molecule has 4 nitrogen and oxygen atoms in total. The average Bonchev–Trinajstić information content (AvgIpc) is 2.67. The van der Waals surface area contributed by atoms with E-state index in [0.29, 0.717) is 17.1 Å². The molecule has 0 atom stereocenters. The number of anilines is 1. The summed E-state index contributed by atoms with van der Waals surface area (Å²) >= 11 is 6.11. The van der Waals surface area contributed by atoms with Crippen LogP contribution in [-0.4, -0.2) is 17.5 Å².